The summed E-state index contributed by atoms with van der Waals surface area (Å²) in [5, 5.41) is 2.70. The zero-order chi connectivity index (χ0) is 10.8. The maximum Gasteiger partial charge on any atom is 0.127 e. The van der Waals surface area contributed by atoms with Gasteiger partial charge in [0.1, 0.15) is 13.1 Å². The fourth-order valence-corrected chi connectivity index (χ4v) is 4.39. The summed E-state index contributed by atoms with van der Waals surface area (Å²) in [6.45, 7) is 5.71. The van der Waals surface area contributed by atoms with Crippen LogP contribution < -0.4 is 10.2 Å². The number of hydrogen-bond donors (Lipinski definition) is 2. The third kappa shape index (κ3) is 2.43. The highest BCUT2D eigenvalue weighted by atomic mass is 15.1. The minimum atomic E-state index is 1.02. The average Bonchev–Trinajstić information content (AvgIpc) is 2.92. The lowest BCUT2D eigenvalue weighted by molar-refractivity contribution is -0.918. The SMILES string of the molecule is C1CC[NH+](CC[NH2+][C@@H]2C[C@@H]3CC[C@H]2C3)CC1. The van der Waals surface area contributed by atoms with Gasteiger partial charge in [0.05, 0.1) is 19.1 Å². The second-order valence-corrected chi connectivity index (χ2v) is 6.42. The highest BCUT2D eigenvalue weighted by molar-refractivity contribution is 4.89. The molecule has 16 heavy (non-hydrogen) atoms. The van der Waals surface area contributed by atoms with Crippen LogP contribution in [0.15, 0.2) is 0 Å². The Bertz CT molecular complexity index is 223. The van der Waals surface area contributed by atoms with Crippen molar-refractivity contribution in [1.82, 2.24) is 0 Å². The minimum absolute atomic E-state index is 1.02. The Morgan fingerprint density at radius 2 is 1.88 bits per heavy atom. The van der Waals surface area contributed by atoms with E-state index in [4.69, 9.17) is 0 Å². The number of rotatable bonds is 4. The molecule has 3 rings (SSSR count). The molecule has 0 spiro atoms. The summed E-state index contributed by atoms with van der Waals surface area (Å²) in [5.41, 5.74) is 0. The number of fused-ring (bicyclic) bond motifs is 2. The van der Waals surface area contributed by atoms with Gasteiger partial charge >= 0.3 is 0 Å². The van der Waals surface area contributed by atoms with E-state index in [-0.39, 0.29) is 0 Å². The fourth-order valence-electron chi connectivity index (χ4n) is 4.39. The summed E-state index contributed by atoms with van der Waals surface area (Å²) in [5.74, 6) is 2.22. The van der Waals surface area contributed by atoms with Crippen molar-refractivity contribution in [2.75, 3.05) is 26.2 Å². The molecule has 1 heterocycles. The minimum Gasteiger partial charge on any atom is -0.339 e. The lowest BCUT2D eigenvalue weighted by Gasteiger charge is -2.24. The zero-order valence-electron chi connectivity index (χ0n) is 10.6. The van der Waals surface area contributed by atoms with Crippen molar-refractivity contribution >= 4 is 0 Å². The van der Waals surface area contributed by atoms with Crippen LogP contribution in [-0.4, -0.2) is 32.2 Å². The number of likely N-dealkylation sites (tertiary alicyclic amines) is 1. The van der Waals surface area contributed by atoms with Crippen molar-refractivity contribution in [3.63, 3.8) is 0 Å². The van der Waals surface area contributed by atoms with Crippen LogP contribution in [0.5, 0.6) is 0 Å². The molecule has 92 valence electrons. The van der Waals surface area contributed by atoms with Gasteiger partial charge in [-0.15, -0.1) is 0 Å². The van der Waals surface area contributed by atoms with Crippen molar-refractivity contribution in [3.8, 4) is 0 Å². The Labute approximate surface area is 99.8 Å². The van der Waals surface area contributed by atoms with E-state index in [0.717, 1.165) is 17.9 Å². The first-order valence-corrected chi connectivity index (χ1v) is 7.59. The van der Waals surface area contributed by atoms with E-state index in [2.05, 4.69) is 5.32 Å². The standard InChI is InChI=1S/C14H26N2/c1-2-7-16(8-3-1)9-6-15-14-11-12-4-5-13(14)10-12/h12-15H,1-11H2/p+2/t12-,13+,14-/m1/s1. The summed E-state index contributed by atoms with van der Waals surface area (Å²) in [6.07, 6.45) is 10.6. The van der Waals surface area contributed by atoms with Gasteiger partial charge < -0.3 is 10.2 Å². The van der Waals surface area contributed by atoms with Gasteiger partial charge in [0.15, 0.2) is 0 Å². The monoisotopic (exact) mass is 224 g/mol. The molecule has 1 saturated heterocycles. The van der Waals surface area contributed by atoms with Gasteiger partial charge in [-0.05, 0) is 44.4 Å². The van der Waals surface area contributed by atoms with Crippen LogP contribution in [0.2, 0.25) is 0 Å². The quantitative estimate of drug-likeness (QED) is 0.660. The van der Waals surface area contributed by atoms with E-state index in [1.165, 1.54) is 45.4 Å². The summed E-state index contributed by atoms with van der Waals surface area (Å²) < 4.78 is 0. The Morgan fingerprint density at radius 1 is 1.00 bits per heavy atom. The van der Waals surface area contributed by atoms with E-state index in [0.29, 0.717) is 0 Å². The first-order valence-electron chi connectivity index (χ1n) is 7.59. The molecular formula is C14H28N2+2. The summed E-state index contributed by atoms with van der Waals surface area (Å²) >= 11 is 0. The molecule has 2 nitrogen and oxygen atoms in total. The molecule has 3 N–H and O–H groups in total. The van der Waals surface area contributed by atoms with Gasteiger partial charge in [0, 0.05) is 12.3 Å². The largest absolute Gasteiger partial charge is 0.339 e. The van der Waals surface area contributed by atoms with Crippen molar-refractivity contribution in [3.05, 3.63) is 0 Å². The van der Waals surface area contributed by atoms with Crippen LogP contribution >= 0.6 is 0 Å². The highest BCUT2D eigenvalue weighted by Gasteiger charge is 2.41. The van der Waals surface area contributed by atoms with E-state index >= 15 is 0 Å². The maximum absolute atomic E-state index is 2.70. The normalized spacial score (nSPS) is 39.4. The average molecular weight is 224 g/mol. The number of hydrogen-bond acceptors (Lipinski definition) is 0. The molecule has 0 amide bonds. The van der Waals surface area contributed by atoms with Crippen LogP contribution in [0.4, 0.5) is 0 Å². The van der Waals surface area contributed by atoms with Gasteiger partial charge in [-0.1, -0.05) is 0 Å². The predicted molar refractivity (Wildman–Crippen MR) is 65.4 cm³/mol. The highest BCUT2D eigenvalue weighted by Crippen LogP contribution is 2.42. The molecular weight excluding hydrogens is 196 g/mol. The molecule has 0 radical (unpaired) electrons. The van der Waals surface area contributed by atoms with Gasteiger partial charge in [-0.3, -0.25) is 0 Å². The Morgan fingerprint density at radius 3 is 2.56 bits per heavy atom. The van der Waals surface area contributed by atoms with Crippen LogP contribution in [0.25, 0.3) is 0 Å². The topological polar surface area (TPSA) is 21.1 Å². The molecule has 2 aliphatic carbocycles. The molecule has 1 aliphatic heterocycles. The maximum atomic E-state index is 2.70. The molecule has 0 aromatic carbocycles. The predicted octanol–water partition coefficient (Wildman–Crippen LogP) is -0.193. The van der Waals surface area contributed by atoms with Crippen LogP contribution in [0, 0.1) is 11.8 Å². The first kappa shape index (κ1) is 11.0. The Kier molecular flexibility index (Phi) is 3.49. The molecule has 0 aromatic rings. The van der Waals surface area contributed by atoms with Crippen molar-refractivity contribution in [2.45, 2.75) is 51.0 Å². The Hall–Kier alpha value is -0.0800. The number of quaternary nitrogens is 2. The van der Waals surface area contributed by atoms with Gasteiger partial charge in [0.25, 0.3) is 0 Å². The van der Waals surface area contributed by atoms with Crippen LogP contribution in [0.3, 0.4) is 0 Å². The van der Waals surface area contributed by atoms with Gasteiger partial charge in [-0.25, -0.2) is 0 Å². The molecule has 2 saturated carbocycles. The molecule has 0 unspecified atom stereocenters. The van der Waals surface area contributed by atoms with E-state index in [9.17, 15) is 0 Å². The van der Waals surface area contributed by atoms with Gasteiger partial charge in [-0.2, -0.15) is 0 Å². The smallest absolute Gasteiger partial charge is 0.127 e. The van der Waals surface area contributed by atoms with Crippen LogP contribution in [-0.2, 0) is 0 Å². The van der Waals surface area contributed by atoms with Crippen molar-refractivity contribution in [2.24, 2.45) is 11.8 Å². The van der Waals surface area contributed by atoms with Crippen molar-refractivity contribution in [1.29, 1.82) is 0 Å². The summed E-state index contributed by atoms with van der Waals surface area (Å²) in [4.78, 5) is 1.88. The number of nitrogens with two attached hydrogens (primary N) is 1. The third-order valence-corrected chi connectivity index (χ3v) is 5.32. The Balaban J connectivity index is 1.34. The van der Waals surface area contributed by atoms with E-state index < -0.39 is 0 Å². The third-order valence-electron chi connectivity index (χ3n) is 5.32. The lowest BCUT2D eigenvalue weighted by Crippen LogP contribution is -3.15. The zero-order valence-corrected chi connectivity index (χ0v) is 10.6. The summed E-state index contributed by atoms with van der Waals surface area (Å²) in [7, 11) is 0. The van der Waals surface area contributed by atoms with Gasteiger partial charge in [0.2, 0.25) is 0 Å². The second-order valence-electron chi connectivity index (χ2n) is 6.42. The molecule has 3 fully saturated rings. The van der Waals surface area contributed by atoms with Crippen molar-refractivity contribution < 1.29 is 10.2 Å². The molecule has 3 atom stereocenters. The number of nitrogens with one attached hydrogen (secondary N) is 1. The summed E-state index contributed by atoms with van der Waals surface area (Å²) in [6, 6.07) is 1.02. The van der Waals surface area contributed by atoms with E-state index in [1.807, 2.05) is 4.90 Å². The molecule has 2 heteroatoms. The fraction of sp³-hybridized carbons (Fsp3) is 1.00. The van der Waals surface area contributed by atoms with Crippen LogP contribution in [0.1, 0.15) is 44.9 Å². The second kappa shape index (κ2) is 5.05. The number of piperidine rings is 1. The van der Waals surface area contributed by atoms with E-state index in [1.54, 1.807) is 25.7 Å². The molecule has 2 bridgehead atoms. The molecule has 0 aromatic heterocycles. The lowest BCUT2D eigenvalue weighted by atomic mass is 9.95. The first-order chi connectivity index (χ1) is 7.92. The molecule has 3 aliphatic rings.